The van der Waals surface area contributed by atoms with E-state index in [0.717, 1.165) is 0 Å². The van der Waals surface area contributed by atoms with Gasteiger partial charge in [0.1, 0.15) is 11.3 Å². The van der Waals surface area contributed by atoms with Crippen molar-refractivity contribution < 1.29 is 24.2 Å². The molecule has 2 aromatic rings. The molecule has 9 heteroatoms. The molecule has 3 N–H and O–H groups in total. The second-order valence-corrected chi connectivity index (χ2v) is 7.16. The first-order valence-corrected chi connectivity index (χ1v) is 8.35. The highest BCUT2D eigenvalue weighted by molar-refractivity contribution is 6.04. The summed E-state index contributed by atoms with van der Waals surface area (Å²) in [4.78, 5) is 24.4. The largest absolute Gasteiger partial charge is 0.444 e. The van der Waals surface area contributed by atoms with Gasteiger partial charge in [0.2, 0.25) is 0 Å². The fourth-order valence-corrected chi connectivity index (χ4v) is 2.49. The summed E-state index contributed by atoms with van der Waals surface area (Å²) >= 11 is 0. The van der Waals surface area contributed by atoms with E-state index in [1.54, 1.807) is 68.5 Å². The number of aliphatic hydroxyl groups excluding tert-OH is 1. The minimum Gasteiger partial charge on any atom is -0.444 e. The Balaban J connectivity index is 2.09. The first-order valence-electron chi connectivity index (χ1n) is 8.35. The van der Waals surface area contributed by atoms with Crippen LogP contribution >= 0.6 is 0 Å². The molecule has 0 fully saturated rings. The van der Waals surface area contributed by atoms with Crippen LogP contribution in [-0.2, 0) is 23.6 Å². The maximum Gasteiger partial charge on any atom is 0.412 e. The summed E-state index contributed by atoms with van der Waals surface area (Å²) in [6.45, 7) is 5.31. The minimum atomic E-state index is -1.08. The number of hydrogen-bond acceptors (Lipinski definition) is 5. The van der Waals surface area contributed by atoms with Gasteiger partial charge in [-0.3, -0.25) is 10.1 Å². The van der Waals surface area contributed by atoms with Crippen molar-refractivity contribution in [3.05, 3.63) is 35.9 Å². The number of amides is 2. The lowest BCUT2D eigenvalue weighted by molar-refractivity contribution is -0.0815. The maximum absolute atomic E-state index is 12.5. The van der Waals surface area contributed by atoms with E-state index >= 15 is 0 Å². The van der Waals surface area contributed by atoms with Crippen molar-refractivity contribution >= 4 is 23.4 Å². The van der Waals surface area contributed by atoms with Crippen LogP contribution in [0.4, 0.5) is 16.2 Å². The van der Waals surface area contributed by atoms with Gasteiger partial charge in [0.05, 0.1) is 17.1 Å². The highest BCUT2D eigenvalue weighted by Gasteiger charge is 2.19. The molecule has 0 spiro atoms. The summed E-state index contributed by atoms with van der Waals surface area (Å²) in [5.41, 5.74) is 1.19. The molecule has 2 aromatic heterocycles. The van der Waals surface area contributed by atoms with E-state index in [1.165, 1.54) is 7.11 Å². The van der Waals surface area contributed by atoms with Crippen molar-refractivity contribution in [2.24, 2.45) is 14.1 Å². The predicted octanol–water partition coefficient (Wildman–Crippen LogP) is 2.60. The monoisotopic (exact) mass is 378 g/mol. The molecule has 0 aromatic carbocycles. The Bertz CT molecular complexity index is 831. The lowest BCUT2D eigenvalue weighted by Gasteiger charge is -2.19. The molecular weight excluding hydrogens is 352 g/mol. The zero-order chi connectivity index (χ0) is 20.4. The number of nitrogens with one attached hydrogen (secondary N) is 2. The lowest BCUT2D eigenvalue weighted by Crippen LogP contribution is -2.27. The summed E-state index contributed by atoms with van der Waals surface area (Å²) in [5, 5.41) is 15.1. The van der Waals surface area contributed by atoms with Crippen LogP contribution < -0.4 is 10.6 Å². The Kier molecular flexibility index (Phi) is 5.97. The fourth-order valence-electron chi connectivity index (χ4n) is 2.49. The van der Waals surface area contributed by atoms with Crippen LogP contribution in [0.5, 0.6) is 0 Å². The van der Waals surface area contributed by atoms with Gasteiger partial charge in [-0.1, -0.05) is 0 Å². The molecular formula is C18H26N4O5. The smallest absolute Gasteiger partial charge is 0.412 e. The molecule has 9 nitrogen and oxygen atoms in total. The molecule has 0 aliphatic heterocycles. The third kappa shape index (κ3) is 5.35. The number of methoxy groups -OCH3 is 1. The number of carbonyl (C=O) groups excluding carboxylic acids is 2. The van der Waals surface area contributed by atoms with E-state index in [0.29, 0.717) is 22.8 Å². The number of hydrogen-bond donors (Lipinski definition) is 3. The summed E-state index contributed by atoms with van der Waals surface area (Å²) in [7, 11) is 4.82. The maximum atomic E-state index is 12.5. The van der Waals surface area contributed by atoms with Gasteiger partial charge < -0.3 is 29.0 Å². The molecule has 0 aliphatic carbocycles. The Labute approximate surface area is 157 Å². The molecule has 2 heterocycles. The second-order valence-electron chi connectivity index (χ2n) is 7.16. The Morgan fingerprint density at radius 3 is 2.26 bits per heavy atom. The molecule has 1 atom stereocenters. The highest BCUT2D eigenvalue weighted by atomic mass is 16.6. The standard InChI is InChI=1S/C18H26N4O5/c1-18(2,3)27-17(25)20-12-7-13(21(4)10-12)15(23)19-11-8-14(16(24)26-6)22(5)9-11/h7-10,16,24H,1-6H3,(H,19,23)(H,20,25). The van der Waals surface area contributed by atoms with Gasteiger partial charge in [-0.15, -0.1) is 0 Å². The average molecular weight is 378 g/mol. The van der Waals surface area contributed by atoms with Crippen LogP contribution in [0.1, 0.15) is 43.2 Å². The van der Waals surface area contributed by atoms with Crippen molar-refractivity contribution in [2.75, 3.05) is 17.7 Å². The van der Waals surface area contributed by atoms with Gasteiger partial charge >= 0.3 is 6.09 Å². The van der Waals surface area contributed by atoms with E-state index in [1.807, 2.05) is 0 Å². The summed E-state index contributed by atoms with van der Waals surface area (Å²) in [6.07, 6.45) is 1.60. The summed E-state index contributed by atoms with van der Waals surface area (Å²) < 4.78 is 13.3. The Morgan fingerprint density at radius 1 is 1.07 bits per heavy atom. The normalized spacial score (nSPS) is 12.6. The van der Waals surface area contributed by atoms with Crippen LogP contribution in [0.25, 0.3) is 0 Å². The number of carbonyl (C=O) groups is 2. The highest BCUT2D eigenvalue weighted by Crippen LogP contribution is 2.21. The van der Waals surface area contributed by atoms with Crippen LogP contribution in [0.15, 0.2) is 24.5 Å². The topological polar surface area (TPSA) is 107 Å². The third-order valence-corrected chi connectivity index (χ3v) is 3.66. The molecule has 2 amide bonds. The van der Waals surface area contributed by atoms with Gasteiger partial charge in [0.15, 0.2) is 6.29 Å². The van der Waals surface area contributed by atoms with Gasteiger partial charge in [0, 0.05) is 33.6 Å². The van der Waals surface area contributed by atoms with Crippen molar-refractivity contribution in [3.63, 3.8) is 0 Å². The third-order valence-electron chi connectivity index (χ3n) is 3.66. The summed E-state index contributed by atoms with van der Waals surface area (Å²) in [5.74, 6) is -0.362. The number of aryl methyl sites for hydroxylation is 2. The molecule has 0 bridgehead atoms. The Morgan fingerprint density at radius 2 is 1.67 bits per heavy atom. The van der Waals surface area contributed by atoms with Crippen molar-refractivity contribution in [2.45, 2.75) is 32.7 Å². The minimum absolute atomic E-state index is 0.346. The molecule has 0 saturated carbocycles. The Hall–Kier alpha value is -2.78. The van der Waals surface area contributed by atoms with E-state index < -0.39 is 18.0 Å². The number of aromatic nitrogens is 2. The van der Waals surface area contributed by atoms with E-state index in [9.17, 15) is 14.7 Å². The zero-order valence-electron chi connectivity index (χ0n) is 16.4. The van der Waals surface area contributed by atoms with Crippen LogP contribution in [0.2, 0.25) is 0 Å². The van der Waals surface area contributed by atoms with Crippen LogP contribution in [0, 0.1) is 0 Å². The number of nitrogens with zero attached hydrogens (tertiary/aromatic N) is 2. The first kappa shape index (κ1) is 20.5. The van der Waals surface area contributed by atoms with E-state index in [-0.39, 0.29) is 5.91 Å². The van der Waals surface area contributed by atoms with Crippen LogP contribution in [-0.4, -0.2) is 39.0 Å². The fraction of sp³-hybridized carbons (Fsp3) is 0.444. The molecule has 2 rings (SSSR count). The SMILES string of the molecule is COC(O)c1cc(NC(=O)c2cc(NC(=O)OC(C)(C)C)cn2C)cn1C. The van der Waals surface area contributed by atoms with E-state index in [4.69, 9.17) is 9.47 Å². The molecule has 1 unspecified atom stereocenters. The quantitative estimate of drug-likeness (QED) is 0.694. The first-order chi connectivity index (χ1) is 12.5. The molecule has 0 radical (unpaired) electrons. The van der Waals surface area contributed by atoms with Gasteiger partial charge in [-0.2, -0.15) is 0 Å². The predicted molar refractivity (Wildman–Crippen MR) is 101 cm³/mol. The molecule has 148 valence electrons. The zero-order valence-corrected chi connectivity index (χ0v) is 16.4. The number of aliphatic hydroxyl groups is 1. The van der Waals surface area contributed by atoms with Gasteiger partial charge in [-0.25, -0.2) is 4.79 Å². The average Bonchev–Trinajstić information content (AvgIpc) is 3.07. The van der Waals surface area contributed by atoms with Crippen LogP contribution in [0.3, 0.4) is 0 Å². The lowest BCUT2D eigenvalue weighted by atomic mass is 10.2. The number of ether oxygens (including phenoxy) is 2. The second kappa shape index (κ2) is 7.85. The van der Waals surface area contributed by atoms with Crippen molar-refractivity contribution in [3.8, 4) is 0 Å². The van der Waals surface area contributed by atoms with Gasteiger partial charge in [0.25, 0.3) is 5.91 Å². The van der Waals surface area contributed by atoms with Crippen molar-refractivity contribution in [1.29, 1.82) is 0 Å². The van der Waals surface area contributed by atoms with Crippen molar-refractivity contribution in [1.82, 2.24) is 9.13 Å². The molecule has 0 saturated heterocycles. The van der Waals surface area contributed by atoms with E-state index in [2.05, 4.69) is 10.6 Å². The molecule has 27 heavy (non-hydrogen) atoms. The number of anilines is 2. The number of rotatable bonds is 5. The summed E-state index contributed by atoms with van der Waals surface area (Å²) in [6, 6.07) is 3.17. The van der Waals surface area contributed by atoms with Gasteiger partial charge in [-0.05, 0) is 32.9 Å². The molecule has 0 aliphatic rings.